The van der Waals surface area contributed by atoms with Crippen molar-refractivity contribution in [2.45, 2.75) is 39.5 Å². The molecule has 3 N–H and O–H groups in total. The summed E-state index contributed by atoms with van der Waals surface area (Å²) >= 11 is 1.28. The number of ketones is 1. The fourth-order valence-corrected chi connectivity index (χ4v) is 3.15. The van der Waals surface area contributed by atoms with Gasteiger partial charge in [-0.1, -0.05) is 25.2 Å². The van der Waals surface area contributed by atoms with Gasteiger partial charge in [0.25, 0.3) is 0 Å². The van der Waals surface area contributed by atoms with E-state index in [1.807, 2.05) is 0 Å². The lowest BCUT2D eigenvalue weighted by molar-refractivity contribution is -0.116. The van der Waals surface area contributed by atoms with Crippen molar-refractivity contribution in [2.75, 3.05) is 11.9 Å². The van der Waals surface area contributed by atoms with E-state index in [0.29, 0.717) is 35.8 Å². The number of hydrogen-bond acceptors (Lipinski definition) is 5. The fraction of sp³-hybridized carbons (Fsp3) is 0.615. The molecular formula is C13H20ClN3O2S. The van der Waals surface area contributed by atoms with Crippen LogP contribution < -0.4 is 11.1 Å². The summed E-state index contributed by atoms with van der Waals surface area (Å²) in [5.41, 5.74) is 6.14. The van der Waals surface area contributed by atoms with Crippen LogP contribution in [0, 0.1) is 5.41 Å². The maximum absolute atomic E-state index is 12.0. The van der Waals surface area contributed by atoms with Crippen LogP contribution in [-0.4, -0.2) is 23.2 Å². The Morgan fingerprint density at radius 1 is 1.45 bits per heavy atom. The summed E-state index contributed by atoms with van der Waals surface area (Å²) < 4.78 is 0. The Labute approximate surface area is 128 Å². The monoisotopic (exact) mass is 317 g/mol. The summed E-state index contributed by atoms with van der Waals surface area (Å²) in [6, 6.07) is 0. The quantitative estimate of drug-likeness (QED) is 0.893. The Kier molecular flexibility index (Phi) is 5.68. The predicted octanol–water partition coefficient (Wildman–Crippen LogP) is 2.40. The first-order valence-corrected chi connectivity index (χ1v) is 7.26. The molecule has 0 radical (unpaired) electrons. The molecule has 0 atom stereocenters. The van der Waals surface area contributed by atoms with Gasteiger partial charge >= 0.3 is 0 Å². The smallest absolute Gasteiger partial charge is 0.226 e. The Morgan fingerprint density at radius 2 is 2.15 bits per heavy atom. The average molecular weight is 318 g/mol. The van der Waals surface area contributed by atoms with Crippen LogP contribution in [-0.2, 0) is 11.2 Å². The number of thiazole rings is 1. The molecule has 2 rings (SSSR count). The van der Waals surface area contributed by atoms with E-state index in [-0.39, 0.29) is 29.5 Å². The normalized spacial score (nSPS) is 16.2. The molecule has 0 aliphatic heterocycles. The van der Waals surface area contributed by atoms with Crippen LogP contribution in [0.1, 0.15) is 48.5 Å². The second-order valence-corrected chi connectivity index (χ2v) is 6.68. The predicted molar refractivity (Wildman–Crippen MR) is 82.7 cm³/mol. The zero-order chi connectivity index (χ0) is 14.0. The van der Waals surface area contributed by atoms with E-state index in [1.54, 1.807) is 0 Å². The number of aromatic nitrogens is 1. The Bertz CT molecular complexity index is 514. The van der Waals surface area contributed by atoms with E-state index in [1.165, 1.54) is 11.3 Å². The van der Waals surface area contributed by atoms with Crippen molar-refractivity contribution in [3.8, 4) is 0 Å². The van der Waals surface area contributed by atoms with Gasteiger partial charge < -0.3 is 11.1 Å². The van der Waals surface area contributed by atoms with Gasteiger partial charge in [-0.15, -0.1) is 12.4 Å². The number of anilines is 1. The standard InChI is InChI=1S/C13H19N3O2S.ClH/c1-13(2)6-8-11(9(17)7-13)19-12(15-8)16-10(18)4-3-5-14;/h3-7,14H2,1-2H3,(H,15,16,18);1H. The van der Waals surface area contributed by atoms with Gasteiger partial charge in [-0.3, -0.25) is 9.59 Å². The summed E-state index contributed by atoms with van der Waals surface area (Å²) in [6.07, 6.45) is 2.37. The third-order valence-electron chi connectivity index (χ3n) is 3.09. The molecule has 0 bridgehead atoms. The molecule has 1 aliphatic rings. The average Bonchev–Trinajstić information content (AvgIpc) is 2.67. The van der Waals surface area contributed by atoms with Gasteiger partial charge in [0.1, 0.15) is 0 Å². The van der Waals surface area contributed by atoms with E-state index >= 15 is 0 Å². The minimum atomic E-state index is -0.0942. The highest BCUT2D eigenvalue weighted by Gasteiger charge is 2.33. The minimum Gasteiger partial charge on any atom is -0.330 e. The maximum atomic E-state index is 12.0. The van der Waals surface area contributed by atoms with Crippen LogP contribution in [0.3, 0.4) is 0 Å². The molecule has 112 valence electrons. The molecule has 1 aromatic heterocycles. The van der Waals surface area contributed by atoms with Crippen LogP contribution >= 0.6 is 23.7 Å². The molecule has 1 aliphatic carbocycles. The summed E-state index contributed by atoms with van der Waals surface area (Å²) in [7, 11) is 0. The van der Waals surface area contributed by atoms with E-state index in [9.17, 15) is 9.59 Å². The number of carbonyl (C=O) groups is 2. The molecule has 1 aromatic rings. The van der Waals surface area contributed by atoms with Crippen LogP contribution in [0.15, 0.2) is 0 Å². The molecule has 1 amide bonds. The molecule has 5 nitrogen and oxygen atoms in total. The van der Waals surface area contributed by atoms with Crippen LogP contribution in [0.25, 0.3) is 0 Å². The Hall–Kier alpha value is -0.980. The first-order chi connectivity index (χ1) is 8.91. The number of nitrogens with one attached hydrogen (secondary N) is 1. The summed E-state index contributed by atoms with van der Waals surface area (Å²) in [5.74, 6) is 0.0365. The molecule has 20 heavy (non-hydrogen) atoms. The van der Waals surface area contributed by atoms with E-state index in [2.05, 4.69) is 24.1 Å². The van der Waals surface area contributed by atoms with E-state index in [0.717, 1.165) is 12.1 Å². The van der Waals surface area contributed by atoms with Crippen LogP contribution in [0.4, 0.5) is 5.13 Å². The van der Waals surface area contributed by atoms with Crippen molar-refractivity contribution in [1.82, 2.24) is 4.98 Å². The molecule has 0 saturated heterocycles. The van der Waals surface area contributed by atoms with Gasteiger partial charge in [0, 0.05) is 12.8 Å². The van der Waals surface area contributed by atoms with Crippen molar-refractivity contribution in [3.05, 3.63) is 10.6 Å². The highest BCUT2D eigenvalue weighted by atomic mass is 35.5. The summed E-state index contributed by atoms with van der Waals surface area (Å²) in [4.78, 5) is 28.7. The third-order valence-corrected chi connectivity index (χ3v) is 4.14. The molecule has 0 unspecified atom stereocenters. The third kappa shape index (κ3) is 4.01. The van der Waals surface area contributed by atoms with Crippen molar-refractivity contribution in [2.24, 2.45) is 11.1 Å². The highest BCUT2D eigenvalue weighted by molar-refractivity contribution is 7.17. The minimum absolute atomic E-state index is 0. The van der Waals surface area contributed by atoms with Crippen molar-refractivity contribution < 1.29 is 9.59 Å². The number of nitrogens with zero attached hydrogens (tertiary/aromatic N) is 1. The number of rotatable bonds is 4. The van der Waals surface area contributed by atoms with Crippen molar-refractivity contribution >= 4 is 40.6 Å². The maximum Gasteiger partial charge on any atom is 0.226 e. The lowest BCUT2D eigenvalue weighted by Gasteiger charge is -2.26. The van der Waals surface area contributed by atoms with E-state index in [4.69, 9.17) is 5.73 Å². The van der Waals surface area contributed by atoms with Gasteiger partial charge in [-0.25, -0.2) is 4.98 Å². The molecule has 0 spiro atoms. The Balaban J connectivity index is 0.00000200. The second-order valence-electron chi connectivity index (χ2n) is 5.68. The molecule has 0 aromatic carbocycles. The topological polar surface area (TPSA) is 85.1 Å². The lowest BCUT2D eigenvalue weighted by Crippen LogP contribution is -2.26. The van der Waals surface area contributed by atoms with Crippen LogP contribution in [0.5, 0.6) is 0 Å². The number of halogens is 1. The Morgan fingerprint density at radius 3 is 2.80 bits per heavy atom. The number of fused-ring (bicyclic) bond motifs is 1. The summed E-state index contributed by atoms with van der Waals surface area (Å²) in [5, 5.41) is 3.27. The zero-order valence-corrected chi connectivity index (χ0v) is 13.3. The first-order valence-electron chi connectivity index (χ1n) is 6.44. The summed E-state index contributed by atoms with van der Waals surface area (Å²) in [6.45, 7) is 4.62. The highest BCUT2D eigenvalue weighted by Crippen LogP contribution is 2.38. The molecular weight excluding hydrogens is 298 g/mol. The van der Waals surface area contributed by atoms with Gasteiger partial charge in [0.15, 0.2) is 10.9 Å². The van der Waals surface area contributed by atoms with E-state index < -0.39 is 0 Å². The van der Waals surface area contributed by atoms with Gasteiger partial charge in [-0.2, -0.15) is 0 Å². The molecule has 7 heteroatoms. The molecule has 1 heterocycles. The van der Waals surface area contributed by atoms with Gasteiger partial charge in [-0.05, 0) is 24.8 Å². The SMILES string of the molecule is CC1(C)CC(=O)c2sc(NC(=O)CCCN)nc2C1.Cl. The van der Waals surface area contributed by atoms with Crippen molar-refractivity contribution in [3.63, 3.8) is 0 Å². The number of hydrogen-bond donors (Lipinski definition) is 2. The molecule has 0 fully saturated rings. The number of amides is 1. The number of Topliss-reactive ketones (excluding diaryl/α,β-unsaturated/α-hetero) is 1. The first kappa shape index (κ1) is 17.1. The van der Waals surface area contributed by atoms with Crippen molar-refractivity contribution in [1.29, 1.82) is 0 Å². The fourth-order valence-electron chi connectivity index (χ4n) is 2.22. The number of carbonyl (C=O) groups excluding carboxylic acids is 2. The van der Waals surface area contributed by atoms with Gasteiger partial charge in [0.05, 0.1) is 10.6 Å². The molecule has 0 saturated carbocycles. The number of nitrogens with two attached hydrogens (primary N) is 1. The lowest BCUT2D eigenvalue weighted by atomic mass is 9.78. The zero-order valence-electron chi connectivity index (χ0n) is 11.7. The largest absolute Gasteiger partial charge is 0.330 e. The van der Waals surface area contributed by atoms with Gasteiger partial charge in [0.2, 0.25) is 5.91 Å². The van der Waals surface area contributed by atoms with Crippen LogP contribution in [0.2, 0.25) is 0 Å². The second kappa shape index (κ2) is 6.65.